The minimum atomic E-state index is 0.0896. The molecule has 106 valence electrons. The highest BCUT2D eigenvalue weighted by atomic mass is 15.3. The highest BCUT2D eigenvalue weighted by molar-refractivity contribution is 5.39. The van der Waals surface area contributed by atoms with Crippen LogP contribution in [0.2, 0.25) is 0 Å². The van der Waals surface area contributed by atoms with E-state index in [0.717, 1.165) is 44.1 Å². The van der Waals surface area contributed by atoms with Gasteiger partial charge in [-0.1, -0.05) is 6.92 Å². The molecule has 2 heterocycles. The molecule has 0 bridgehead atoms. The first-order chi connectivity index (χ1) is 9.06. The van der Waals surface area contributed by atoms with Crippen molar-refractivity contribution in [2.75, 3.05) is 37.6 Å². The van der Waals surface area contributed by atoms with Crippen LogP contribution in [0.3, 0.4) is 0 Å². The lowest BCUT2D eigenvalue weighted by Gasteiger charge is -2.43. The maximum atomic E-state index is 5.84. The number of nitrogens with zero attached hydrogens (tertiary/aromatic N) is 4. The summed E-state index contributed by atoms with van der Waals surface area (Å²) in [5.41, 5.74) is 7.04. The third-order valence-corrected chi connectivity index (χ3v) is 4.03. The van der Waals surface area contributed by atoms with E-state index < -0.39 is 0 Å². The summed E-state index contributed by atoms with van der Waals surface area (Å²) >= 11 is 0. The predicted octanol–water partition coefficient (Wildman–Crippen LogP) is 0.898. The summed E-state index contributed by atoms with van der Waals surface area (Å²) in [7, 11) is 0. The van der Waals surface area contributed by atoms with E-state index in [0.29, 0.717) is 6.54 Å². The summed E-state index contributed by atoms with van der Waals surface area (Å²) < 4.78 is 0. The molecule has 0 radical (unpaired) electrons. The van der Waals surface area contributed by atoms with Crippen molar-refractivity contribution in [2.24, 2.45) is 5.73 Å². The topological polar surface area (TPSA) is 58.3 Å². The van der Waals surface area contributed by atoms with Gasteiger partial charge in [-0.25, -0.2) is 9.97 Å². The van der Waals surface area contributed by atoms with Crippen LogP contribution in [0.25, 0.3) is 0 Å². The standard InChI is InChI=1S/C14H25N5/c1-4-12-9-13(17-11-16-12)18-5-7-19(8-6-18)14(2,3)10-15/h9,11H,4-8,10,15H2,1-3H3. The first kappa shape index (κ1) is 14.2. The molecule has 1 aliphatic heterocycles. The van der Waals surface area contributed by atoms with E-state index >= 15 is 0 Å². The van der Waals surface area contributed by atoms with Crippen molar-refractivity contribution in [3.63, 3.8) is 0 Å². The van der Waals surface area contributed by atoms with Crippen molar-refractivity contribution in [3.8, 4) is 0 Å². The quantitative estimate of drug-likeness (QED) is 0.874. The van der Waals surface area contributed by atoms with Gasteiger partial charge < -0.3 is 10.6 Å². The molecule has 1 saturated heterocycles. The van der Waals surface area contributed by atoms with E-state index in [-0.39, 0.29) is 5.54 Å². The van der Waals surface area contributed by atoms with Gasteiger partial charge in [0.05, 0.1) is 0 Å². The van der Waals surface area contributed by atoms with Gasteiger partial charge in [0.25, 0.3) is 0 Å². The van der Waals surface area contributed by atoms with Gasteiger partial charge >= 0.3 is 0 Å². The zero-order chi connectivity index (χ0) is 13.9. The molecular formula is C14H25N5. The minimum Gasteiger partial charge on any atom is -0.354 e. The number of hydrogen-bond donors (Lipinski definition) is 1. The van der Waals surface area contributed by atoms with Crippen molar-refractivity contribution in [1.82, 2.24) is 14.9 Å². The van der Waals surface area contributed by atoms with Crippen molar-refractivity contribution in [2.45, 2.75) is 32.7 Å². The van der Waals surface area contributed by atoms with E-state index in [1.165, 1.54) is 0 Å². The molecule has 1 aliphatic rings. The van der Waals surface area contributed by atoms with Crippen molar-refractivity contribution in [1.29, 1.82) is 0 Å². The molecule has 5 heteroatoms. The average molecular weight is 263 g/mol. The number of hydrogen-bond acceptors (Lipinski definition) is 5. The summed E-state index contributed by atoms with van der Waals surface area (Å²) in [5.74, 6) is 1.05. The largest absolute Gasteiger partial charge is 0.354 e. The molecule has 19 heavy (non-hydrogen) atoms. The SMILES string of the molecule is CCc1cc(N2CCN(C(C)(C)CN)CC2)ncn1. The molecule has 2 N–H and O–H groups in total. The molecule has 0 spiro atoms. The van der Waals surface area contributed by atoms with Crippen molar-refractivity contribution < 1.29 is 0 Å². The van der Waals surface area contributed by atoms with Crippen molar-refractivity contribution in [3.05, 3.63) is 18.1 Å². The van der Waals surface area contributed by atoms with Crippen LogP contribution < -0.4 is 10.6 Å². The Morgan fingerprint density at radius 1 is 1.21 bits per heavy atom. The minimum absolute atomic E-state index is 0.0896. The first-order valence-electron chi connectivity index (χ1n) is 7.08. The molecule has 0 aromatic carbocycles. The zero-order valence-electron chi connectivity index (χ0n) is 12.3. The molecule has 0 aliphatic carbocycles. The van der Waals surface area contributed by atoms with Gasteiger partial charge in [-0.15, -0.1) is 0 Å². The summed E-state index contributed by atoms with van der Waals surface area (Å²) in [6.07, 6.45) is 2.63. The zero-order valence-corrected chi connectivity index (χ0v) is 12.3. The van der Waals surface area contributed by atoms with Crippen LogP contribution >= 0.6 is 0 Å². The third kappa shape index (κ3) is 3.22. The fourth-order valence-corrected chi connectivity index (χ4v) is 2.42. The molecule has 0 amide bonds. The molecule has 0 atom stereocenters. The molecule has 0 saturated carbocycles. The molecule has 1 aromatic rings. The van der Waals surface area contributed by atoms with E-state index in [4.69, 9.17) is 5.73 Å². The third-order valence-electron chi connectivity index (χ3n) is 4.03. The smallest absolute Gasteiger partial charge is 0.132 e. The van der Waals surface area contributed by atoms with Crippen LogP contribution in [0.1, 0.15) is 26.5 Å². The summed E-state index contributed by atoms with van der Waals surface area (Å²) in [6.45, 7) is 11.3. The summed E-state index contributed by atoms with van der Waals surface area (Å²) in [5, 5.41) is 0. The average Bonchev–Trinajstić information content (AvgIpc) is 2.47. The number of nitrogens with two attached hydrogens (primary N) is 1. The van der Waals surface area contributed by atoms with Crippen molar-refractivity contribution >= 4 is 5.82 Å². The van der Waals surface area contributed by atoms with E-state index in [1.54, 1.807) is 6.33 Å². The van der Waals surface area contributed by atoms with Gasteiger partial charge in [0.2, 0.25) is 0 Å². The van der Waals surface area contributed by atoms with Crippen LogP contribution in [0, 0.1) is 0 Å². The van der Waals surface area contributed by atoms with Gasteiger partial charge in [0.15, 0.2) is 0 Å². The lowest BCUT2D eigenvalue weighted by molar-refractivity contribution is 0.119. The number of aryl methyl sites for hydroxylation is 1. The van der Waals surface area contributed by atoms with Crippen LogP contribution in [0.15, 0.2) is 12.4 Å². The molecule has 1 aromatic heterocycles. The monoisotopic (exact) mass is 263 g/mol. The highest BCUT2D eigenvalue weighted by Crippen LogP contribution is 2.19. The molecule has 1 fully saturated rings. The maximum Gasteiger partial charge on any atom is 0.132 e. The van der Waals surface area contributed by atoms with E-state index in [9.17, 15) is 0 Å². The molecule has 5 nitrogen and oxygen atoms in total. The fraction of sp³-hybridized carbons (Fsp3) is 0.714. The number of anilines is 1. The Hall–Kier alpha value is -1.20. The Morgan fingerprint density at radius 2 is 1.89 bits per heavy atom. The maximum absolute atomic E-state index is 5.84. The van der Waals surface area contributed by atoms with Crippen LogP contribution in [0.5, 0.6) is 0 Å². The second-order valence-electron chi connectivity index (χ2n) is 5.71. The second kappa shape index (κ2) is 5.84. The normalized spacial score (nSPS) is 17.8. The van der Waals surface area contributed by atoms with Gasteiger partial charge in [-0.05, 0) is 20.3 Å². The fourth-order valence-electron chi connectivity index (χ4n) is 2.42. The van der Waals surface area contributed by atoms with Crippen LogP contribution in [-0.2, 0) is 6.42 Å². The van der Waals surface area contributed by atoms with E-state index in [2.05, 4.69) is 46.6 Å². The summed E-state index contributed by atoms with van der Waals surface area (Å²) in [6, 6.07) is 2.10. The molecule has 0 unspecified atom stereocenters. The van der Waals surface area contributed by atoms with Gasteiger partial charge in [0.1, 0.15) is 12.1 Å². The first-order valence-corrected chi connectivity index (χ1v) is 7.08. The Bertz CT molecular complexity index is 410. The Morgan fingerprint density at radius 3 is 2.47 bits per heavy atom. The van der Waals surface area contributed by atoms with Crippen LogP contribution in [0.4, 0.5) is 5.82 Å². The Balaban J connectivity index is 1.99. The van der Waals surface area contributed by atoms with Gasteiger partial charge in [-0.3, -0.25) is 4.90 Å². The molecule has 2 rings (SSSR count). The second-order valence-corrected chi connectivity index (χ2v) is 5.71. The number of piperazine rings is 1. The molecular weight excluding hydrogens is 238 g/mol. The summed E-state index contributed by atoms with van der Waals surface area (Å²) in [4.78, 5) is 13.4. The Kier molecular flexibility index (Phi) is 4.37. The van der Waals surface area contributed by atoms with Gasteiger partial charge in [0, 0.05) is 50.0 Å². The number of rotatable bonds is 4. The van der Waals surface area contributed by atoms with Crippen LogP contribution in [-0.4, -0.2) is 53.1 Å². The van der Waals surface area contributed by atoms with E-state index in [1.807, 2.05) is 0 Å². The number of aromatic nitrogens is 2. The predicted molar refractivity (Wildman–Crippen MR) is 78.3 cm³/mol. The highest BCUT2D eigenvalue weighted by Gasteiger charge is 2.28. The lowest BCUT2D eigenvalue weighted by atomic mass is 10.0. The van der Waals surface area contributed by atoms with Gasteiger partial charge in [-0.2, -0.15) is 0 Å². The Labute approximate surface area is 115 Å². The lowest BCUT2D eigenvalue weighted by Crippen LogP contribution is -2.57.